The van der Waals surface area contributed by atoms with Crippen LogP contribution in [0, 0.1) is 6.92 Å². The Hall–Kier alpha value is -2.67. The molecular formula is C28H42N6O4SSi. The number of nitrogens with zero attached hydrogens (tertiary/aromatic N) is 5. The normalized spacial score (nSPS) is 15.7. The molecule has 1 aromatic carbocycles. The summed E-state index contributed by atoms with van der Waals surface area (Å²) in [6.07, 6.45) is 1.76. The summed E-state index contributed by atoms with van der Waals surface area (Å²) >= 11 is 1.68. The highest BCUT2D eigenvalue weighted by atomic mass is 32.2. The fourth-order valence-electron chi connectivity index (χ4n) is 4.72. The van der Waals surface area contributed by atoms with Crippen molar-refractivity contribution < 1.29 is 19.1 Å². The van der Waals surface area contributed by atoms with Crippen molar-refractivity contribution in [1.29, 1.82) is 0 Å². The zero-order valence-electron chi connectivity index (χ0n) is 24.5. The monoisotopic (exact) mass is 586 g/mol. The van der Waals surface area contributed by atoms with Gasteiger partial charge < -0.3 is 19.8 Å². The van der Waals surface area contributed by atoms with Crippen LogP contribution in [0.15, 0.2) is 23.1 Å². The third kappa shape index (κ3) is 6.96. The molecule has 1 fully saturated rings. The molecule has 3 aromatic rings. The Balaban J connectivity index is 1.84. The molecule has 1 aliphatic heterocycles. The van der Waals surface area contributed by atoms with E-state index in [1.807, 2.05) is 19.9 Å². The van der Waals surface area contributed by atoms with Gasteiger partial charge in [0.15, 0.2) is 0 Å². The van der Waals surface area contributed by atoms with E-state index in [0.29, 0.717) is 49.0 Å². The van der Waals surface area contributed by atoms with E-state index in [9.17, 15) is 9.59 Å². The molecule has 0 radical (unpaired) electrons. The van der Waals surface area contributed by atoms with Gasteiger partial charge in [0.1, 0.15) is 12.4 Å². The van der Waals surface area contributed by atoms with E-state index in [-0.39, 0.29) is 17.9 Å². The Bertz CT molecular complexity index is 1360. The number of benzene rings is 1. The van der Waals surface area contributed by atoms with Crippen LogP contribution in [-0.4, -0.2) is 71.0 Å². The first-order chi connectivity index (χ1) is 19.0. The number of carbonyl (C=O) groups is 2. The highest BCUT2D eigenvalue weighted by Crippen LogP contribution is 2.37. The predicted octanol–water partition coefficient (Wildman–Crippen LogP) is 4.91. The van der Waals surface area contributed by atoms with E-state index < -0.39 is 14.0 Å². The Morgan fingerprint density at radius 2 is 2.02 bits per heavy atom. The van der Waals surface area contributed by atoms with E-state index in [0.717, 1.165) is 41.6 Å². The second-order valence-electron chi connectivity index (χ2n) is 11.4. The summed E-state index contributed by atoms with van der Waals surface area (Å²) in [6, 6.07) is 6.36. The number of amides is 2. The first kappa shape index (κ1) is 30.3. The molecule has 1 aliphatic rings. The molecule has 2 amide bonds. The van der Waals surface area contributed by atoms with Gasteiger partial charge in [0, 0.05) is 50.1 Å². The van der Waals surface area contributed by atoms with Gasteiger partial charge in [0.25, 0.3) is 5.91 Å². The van der Waals surface area contributed by atoms with Crippen LogP contribution >= 0.6 is 11.8 Å². The zero-order valence-corrected chi connectivity index (χ0v) is 26.3. The molecule has 3 heterocycles. The minimum Gasteiger partial charge on any atom is -0.380 e. The number of aromatic nitrogens is 4. The number of hydrogen-bond acceptors (Lipinski definition) is 7. The van der Waals surface area contributed by atoms with E-state index in [1.54, 1.807) is 33.5 Å². The number of fused-ring (bicyclic) bond motifs is 1. The standard InChI is InChI=1S/C28H42N6O4SSi/c1-7-10-32-25-22(15-20(26(29)35)16-24(25)39-21-9-11-37-17-21)30-28(32)33(18-38-12-13-40(4,5)6)27(36)23-14-19(3)31-34(23)8-2/h14-16,21H,7-13,17-18H2,1-6H3,(H2,29,35). The van der Waals surface area contributed by atoms with E-state index in [2.05, 4.69) is 36.2 Å². The predicted molar refractivity (Wildman–Crippen MR) is 162 cm³/mol. The lowest BCUT2D eigenvalue weighted by Gasteiger charge is -2.24. The lowest BCUT2D eigenvalue weighted by atomic mass is 10.2. The summed E-state index contributed by atoms with van der Waals surface area (Å²) in [6.45, 7) is 16.0. The molecule has 40 heavy (non-hydrogen) atoms. The number of hydrogen-bond donors (Lipinski definition) is 1. The summed E-state index contributed by atoms with van der Waals surface area (Å²) in [7, 11) is -1.32. The first-order valence-corrected chi connectivity index (χ1v) is 18.6. The second-order valence-corrected chi connectivity index (χ2v) is 18.4. The Morgan fingerprint density at radius 3 is 2.65 bits per heavy atom. The molecule has 1 unspecified atom stereocenters. The highest BCUT2D eigenvalue weighted by molar-refractivity contribution is 8.00. The number of anilines is 1. The van der Waals surface area contributed by atoms with Gasteiger partial charge >= 0.3 is 0 Å². The number of primary amides is 1. The topological polar surface area (TPSA) is 118 Å². The molecule has 1 saturated heterocycles. The number of rotatable bonds is 13. The van der Waals surface area contributed by atoms with Gasteiger partial charge in [-0.05, 0) is 50.9 Å². The zero-order chi connectivity index (χ0) is 29.0. The van der Waals surface area contributed by atoms with Crippen LogP contribution in [0.3, 0.4) is 0 Å². The Labute approximate surface area is 241 Å². The van der Waals surface area contributed by atoms with Gasteiger partial charge in [-0.2, -0.15) is 5.10 Å². The van der Waals surface area contributed by atoms with Crippen molar-refractivity contribution in [2.24, 2.45) is 5.73 Å². The van der Waals surface area contributed by atoms with Crippen LogP contribution in [0.4, 0.5) is 5.95 Å². The molecule has 0 bridgehead atoms. The van der Waals surface area contributed by atoms with Crippen molar-refractivity contribution in [2.45, 2.75) is 82.5 Å². The highest BCUT2D eigenvalue weighted by Gasteiger charge is 2.29. The molecule has 12 heteroatoms. The molecule has 2 N–H and O–H groups in total. The molecule has 0 aliphatic carbocycles. The molecule has 10 nitrogen and oxygen atoms in total. The van der Waals surface area contributed by atoms with Crippen molar-refractivity contribution in [2.75, 3.05) is 31.5 Å². The van der Waals surface area contributed by atoms with Crippen LogP contribution in [0.25, 0.3) is 11.0 Å². The summed E-state index contributed by atoms with van der Waals surface area (Å²) < 4.78 is 15.5. The van der Waals surface area contributed by atoms with Gasteiger partial charge in [-0.3, -0.25) is 19.2 Å². The fraction of sp³-hybridized carbons (Fsp3) is 0.571. The lowest BCUT2D eigenvalue weighted by Crippen LogP contribution is -2.37. The van der Waals surface area contributed by atoms with Crippen molar-refractivity contribution in [3.63, 3.8) is 0 Å². The average Bonchev–Trinajstić information content (AvgIpc) is 3.62. The molecule has 0 spiro atoms. The molecule has 0 saturated carbocycles. The van der Waals surface area contributed by atoms with Gasteiger partial charge in [0.05, 0.1) is 23.3 Å². The summed E-state index contributed by atoms with van der Waals surface area (Å²) in [4.78, 5) is 33.9. The van der Waals surface area contributed by atoms with E-state index in [4.69, 9.17) is 20.2 Å². The maximum absolute atomic E-state index is 14.1. The van der Waals surface area contributed by atoms with E-state index >= 15 is 0 Å². The van der Waals surface area contributed by atoms with Crippen LogP contribution < -0.4 is 10.6 Å². The van der Waals surface area contributed by atoms with Crippen molar-refractivity contribution in [3.05, 3.63) is 35.2 Å². The number of nitrogens with two attached hydrogens (primary N) is 1. The Kier molecular flexibility index (Phi) is 9.75. The second kappa shape index (κ2) is 12.9. The van der Waals surface area contributed by atoms with Gasteiger partial charge in [-0.1, -0.05) is 26.6 Å². The molecule has 2 aromatic heterocycles. The summed E-state index contributed by atoms with van der Waals surface area (Å²) in [5.74, 6) is -0.248. The minimum atomic E-state index is -1.32. The van der Waals surface area contributed by atoms with Crippen LogP contribution in [0.1, 0.15) is 53.2 Å². The van der Waals surface area contributed by atoms with Gasteiger partial charge in [-0.25, -0.2) is 4.98 Å². The number of ether oxygens (including phenoxy) is 2. The fourth-order valence-corrected chi connectivity index (χ4v) is 6.73. The third-order valence-corrected chi connectivity index (χ3v) is 9.80. The van der Waals surface area contributed by atoms with Crippen molar-refractivity contribution in [3.8, 4) is 0 Å². The van der Waals surface area contributed by atoms with E-state index in [1.165, 1.54) is 0 Å². The quantitative estimate of drug-likeness (QED) is 0.172. The number of carbonyl (C=O) groups excluding carboxylic acids is 2. The summed E-state index contributed by atoms with van der Waals surface area (Å²) in [5, 5.41) is 4.77. The lowest BCUT2D eigenvalue weighted by molar-refractivity contribution is 0.0884. The largest absolute Gasteiger partial charge is 0.380 e. The molecular weight excluding hydrogens is 544 g/mol. The molecule has 218 valence electrons. The van der Waals surface area contributed by atoms with Crippen LogP contribution in [0.2, 0.25) is 25.7 Å². The average molecular weight is 587 g/mol. The number of thioether (sulfide) groups is 1. The smallest absolute Gasteiger partial charge is 0.280 e. The van der Waals surface area contributed by atoms with Crippen LogP contribution in [-0.2, 0) is 22.6 Å². The van der Waals surface area contributed by atoms with Gasteiger partial charge in [0.2, 0.25) is 11.9 Å². The van der Waals surface area contributed by atoms with Crippen LogP contribution in [0.5, 0.6) is 0 Å². The number of imidazole rings is 1. The van der Waals surface area contributed by atoms with Crippen molar-refractivity contribution in [1.82, 2.24) is 19.3 Å². The molecule has 4 rings (SSSR count). The maximum Gasteiger partial charge on any atom is 0.280 e. The SMILES string of the molecule is CCCn1c(N(COCC[Si](C)(C)C)C(=O)c2cc(C)nn2CC)nc2cc(C(N)=O)cc(SC3CCOC3)c21. The third-order valence-electron chi connectivity index (χ3n) is 6.82. The van der Waals surface area contributed by atoms with Crippen molar-refractivity contribution >= 4 is 48.6 Å². The number of aryl methyl sites for hydroxylation is 3. The summed E-state index contributed by atoms with van der Waals surface area (Å²) in [5.41, 5.74) is 8.89. The van der Waals surface area contributed by atoms with Gasteiger partial charge in [-0.15, -0.1) is 11.8 Å². The molecule has 1 atom stereocenters. The Morgan fingerprint density at radius 1 is 1.25 bits per heavy atom. The first-order valence-electron chi connectivity index (χ1n) is 14.0. The maximum atomic E-state index is 14.1. The minimum absolute atomic E-state index is 0.0614.